The molecule has 12 nitrogen and oxygen atoms in total. The molecule has 0 bridgehead atoms. The van der Waals surface area contributed by atoms with Gasteiger partial charge in [-0.1, -0.05) is 38.5 Å². The van der Waals surface area contributed by atoms with Crippen LogP contribution in [-0.2, 0) is 32.3 Å². The fourth-order valence-corrected chi connectivity index (χ4v) is 6.94. The molecule has 266 valence electrons. The molecule has 2 fully saturated rings. The van der Waals surface area contributed by atoms with Crippen molar-refractivity contribution in [2.45, 2.75) is 57.3 Å². The van der Waals surface area contributed by atoms with Crippen LogP contribution < -0.4 is 10.6 Å². The summed E-state index contributed by atoms with van der Waals surface area (Å²) in [6, 6.07) is -2.32. The van der Waals surface area contributed by atoms with Gasteiger partial charge < -0.3 is 29.6 Å². The number of alkyl halides is 2. The number of ketones is 2. The molecule has 2 saturated heterocycles. The zero-order valence-corrected chi connectivity index (χ0v) is 28.4. The Bertz CT molecular complexity index is 1780. The van der Waals surface area contributed by atoms with E-state index >= 15 is 4.39 Å². The second-order valence-corrected chi connectivity index (χ2v) is 12.2. The van der Waals surface area contributed by atoms with Gasteiger partial charge in [0.25, 0.3) is 0 Å². The molecule has 0 aliphatic carbocycles. The molecule has 0 saturated carbocycles. The zero-order valence-electron chi connectivity index (χ0n) is 28.4. The number of hydrogen-bond donors (Lipinski definition) is 2. The molecule has 2 aromatic heterocycles. The molecular weight excluding hydrogens is 650 g/mol. The summed E-state index contributed by atoms with van der Waals surface area (Å²) in [4.78, 5) is 80.8. The lowest BCUT2D eigenvalue weighted by Crippen LogP contribution is -2.49. The third kappa shape index (κ3) is 7.00. The quantitative estimate of drug-likeness (QED) is 0.292. The van der Waals surface area contributed by atoms with Gasteiger partial charge in [0, 0.05) is 78.9 Å². The molecule has 2 aliphatic heterocycles. The van der Waals surface area contributed by atoms with E-state index in [0.717, 1.165) is 9.80 Å². The molecule has 4 heterocycles. The van der Waals surface area contributed by atoms with Crippen LogP contribution >= 0.6 is 0 Å². The lowest BCUT2D eigenvalue weighted by molar-refractivity contribution is -0.139. The predicted molar refractivity (Wildman–Crippen MR) is 185 cm³/mol. The third-order valence-electron chi connectivity index (χ3n) is 9.36. The van der Waals surface area contributed by atoms with Crippen LogP contribution in [0.3, 0.4) is 0 Å². The number of hydrogen-bond acceptors (Lipinski definition) is 6. The molecule has 4 rings (SSSR count). The summed E-state index contributed by atoms with van der Waals surface area (Å²) in [5, 5.41) is 4.91. The number of likely N-dealkylation sites (N-methyl/N-ethyl adjacent to an activating group) is 2. The van der Waals surface area contributed by atoms with Crippen LogP contribution in [0.25, 0.3) is 24.3 Å². The van der Waals surface area contributed by atoms with Gasteiger partial charge in [-0.2, -0.15) is 0 Å². The van der Waals surface area contributed by atoms with E-state index in [4.69, 9.17) is 0 Å². The van der Waals surface area contributed by atoms with Gasteiger partial charge >= 0.3 is 0 Å². The average molecular weight is 693 g/mol. The van der Waals surface area contributed by atoms with Gasteiger partial charge in [-0.15, -0.1) is 0 Å². The monoisotopic (exact) mass is 692 g/mol. The molecule has 4 amide bonds. The number of halogens is 2. The molecule has 5 unspecified atom stereocenters. The van der Waals surface area contributed by atoms with Crippen LogP contribution in [0.4, 0.5) is 8.78 Å². The van der Waals surface area contributed by atoms with Crippen LogP contribution in [0, 0.1) is 5.92 Å². The average Bonchev–Trinajstić information content (AvgIpc) is 3.85. The minimum absolute atomic E-state index is 0.0830. The van der Waals surface area contributed by atoms with E-state index in [2.05, 4.69) is 36.9 Å². The van der Waals surface area contributed by atoms with E-state index in [1.807, 2.05) is 0 Å². The van der Waals surface area contributed by atoms with Crippen molar-refractivity contribution in [3.63, 3.8) is 0 Å². The Hall–Kier alpha value is -5.40. The first-order valence-corrected chi connectivity index (χ1v) is 16.1. The van der Waals surface area contributed by atoms with Crippen molar-refractivity contribution >= 4 is 59.5 Å². The third-order valence-corrected chi connectivity index (χ3v) is 9.36. The Morgan fingerprint density at radius 3 is 1.80 bits per heavy atom. The molecule has 2 aromatic rings. The van der Waals surface area contributed by atoms with Gasteiger partial charge in [0.1, 0.15) is 37.5 Å². The van der Waals surface area contributed by atoms with Crippen LogP contribution in [0.5, 0.6) is 0 Å². The molecule has 2 aliphatic rings. The first kappa shape index (κ1) is 37.4. The summed E-state index contributed by atoms with van der Waals surface area (Å²) in [5.41, 5.74) is 2.00. The Morgan fingerprint density at radius 2 is 1.30 bits per heavy atom. The molecular formula is C36H42F2N6O6. The number of amides is 4. The Labute approximate surface area is 289 Å². The van der Waals surface area contributed by atoms with E-state index < -0.39 is 72.7 Å². The topological polar surface area (TPSA) is 143 Å². The second-order valence-electron chi connectivity index (χ2n) is 12.2. The highest BCUT2D eigenvalue weighted by molar-refractivity contribution is 6.02. The van der Waals surface area contributed by atoms with E-state index in [0.29, 0.717) is 28.1 Å². The summed E-state index contributed by atoms with van der Waals surface area (Å²) in [7, 11) is 2.74. The standard InChI is InChI=1S/C36H42F2N6O6/c1-8-22-25(20(5)45)15-41(28(22)10-3)19-33(48)44-17-27(38)24(34(44)36(50)40-7)13-31(46)26-16-42(29(11-4)23(26)9-2)18-32(47)43-14-21(37)12-30(43)35(49)39-6/h8-11,15-16,21,24,27,30,34H,1-4,12-14,17-19H2,5-7H3,(H,39,49)(H,40,50). The minimum Gasteiger partial charge on any atom is -0.357 e. The predicted octanol–water partition coefficient (Wildman–Crippen LogP) is 2.93. The van der Waals surface area contributed by atoms with E-state index in [1.165, 1.54) is 66.9 Å². The molecule has 50 heavy (non-hydrogen) atoms. The van der Waals surface area contributed by atoms with E-state index in [1.54, 1.807) is 0 Å². The number of likely N-dealkylation sites (tertiary alicyclic amines) is 2. The number of carbonyl (C=O) groups is 6. The van der Waals surface area contributed by atoms with Crippen LogP contribution in [0.15, 0.2) is 38.7 Å². The summed E-state index contributed by atoms with van der Waals surface area (Å²) >= 11 is 0. The highest BCUT2D eigenvalue weighted by Crippen LogP contribution is 2.34. The van der Waals surface area contributed by atoms with Crippen molar-refractivity contribution in [3.8, 4) is 0 Å². The molecule has 2 N–H and O–H groups in total. The normalized spacial score (nSPS) is 21.4. The Kier molecular flexibility index (Phi) is 11.6. The second kappa shape index (κ2) is 15.4. The maximum absolute atomic E-state index is 15.8. The van der Waals surface area contributed by atoms with Gasteiger partial charge in [0.2, 0.25) is 23.6 Å². The summed E-state index contributed by atoms with van der Waals surface area (Å²) in [6.07, 6.45) is 4.88. The molecule has 0 aromatic carbocycles. The molecule has 0 spiro atoms. The zero-order chi connectivity index (χ0) is 37.0. The number of aromatic nitrogens is 2. The van der Waals surface area contributed by atoms with Gasteiger partial charge in [-0.3, -0.25) is 28.8 Å². The van der Waals surface area contributed by atoms with Gasteiger partial charge in [0.05, 0.1) is 13.1 Å². The summed E-state index contributed by atoms with van der Waals surface area (Å²) in [6.45, 7) is 15.1. The number of nitrogens with one attached hydrogen (secondary N) is 2. The summed E-state index contributed by atoms with van der Waals surface area (Å²) < 4.78 is 33.0. The maximum atomic E-state index is 15.8. The largest absolute Gasteiger partial charge is 0.357 e. The maximum Gasteiger partial charge on any atom is 0.243 e. The number of rotatable bonds is 14. The highest BCUT2D eigenvalue weighted by atomic mass is 19.1. The first-order valence-electron chi connectivity index (χ1n) is 16.1. The van der Waals surface area contributed by atoms with Crippen molar-refractivity contribution in [1.82, 2.24) is 29.6 Å². The number of Topliss-reactive ketones (excluding diaryl/α,β-unsaturated/α-hetero) is 2. The van der Waals surface area contributed by atoms with Gasteiger partial charge in [-0.05, 0) is 19.1 Å². The van der Waals surface area contributed by atoms with Crippen LogP contribution in [0.2, 0.25) is 0 Å². The fraction of sp³-hybridized carbons (Fsp3) is 0.389. The van der Waals surface area contributed by atoms with Crippen molar-refractivity contribution in [3.05, 3.63) is 72.4 Å². The Morgan fingerprint density at radius 1 is 0.780 bits per heavy atom. The van der Waals surface area contributed by atoms with Crippen LogP contribution in [-0.4, -0.2) is 106 Å². The molecule has 0 radical (unpaired) electrons. The van der Waals surface area contributed by atoms with Crippen LogP contribution in [0.1, 0.15) is 63.0 Å². The van der Waals surface area contributed by atoms with E-state index in [9.17, 15) is 33.2 Å². The van der Waals surface area contributed by atoms with Crippen molar-refractivity contribution < 1.29 is 37.5 Å². The lowest BCUT2D eigenvalue weighted by atomic mass is 9.89. The van der Waals surface area contributed by atoms with Gasteiger partial charge in [0.15, 0.2) is 11.6 Å². The fourth-order valence-electron chi connectivity index (χ4n) is 6.94. The van der Waals surface area contributed by atoms with Crippen molar-refractivity contribution in [2.75, 3.05) is 27.2 Å². The SMILES string of the molecule is C=Cc1c(C(C)=O)cn(CC(=O)N2CC(F)C(CC(=O)c3cn(CC(=O)N4CC(F)CC4C(=O)NC)c(C=C)c3C=C)C2C(=O)NC)c1C=C. The number of carbonyl (C=O) groups excluding carboxylic acids is 6. The van der Waals surface area contributed by atoms with Crippen molar-refractivity contribution in [1.29, 1.82) is 0 Å². The van der Waals surface area contributed by atoms with Gasteiger partial charge in [-0.25, -0.2) is 8.78 Å². The lowest BCUT2D eigenvalue weighted by Gasteiger charge is -2.26. The molecule has 5 atom stereocenters. The number of nitrogens with zero attached hydrogens (tertiary/aromatic N) is 4. The molecule has 14 heteroatoms. The van der Waals surface area contributed by atoms with E-state index in [-0.39, 0.29) is 37.4 Å². The first-order chi connectivity index (χ1) is 23.8. The Balaban J connectivity index is 1.60. The highest BCUT2D eigenvalue weighted by Gasteiger charge is 2.49. The smallest absolute Gasteiger partial charge is 0.243 e. The van der Waals surface area contributed by atoms with Crippen molar-refractivity contribution in [2.24, 2.45) is 5.92 Å². The summed E-state index contributed by atoms with van der Waals surface area (Å²) in [5.74, 6) is -4.37. The minimum atomic E-state index is -1.74.